The summed E-state index contributed by atoms with van der Waals surface area (Å²) in [5, 5.41) is 3.11. The average Bonchev–Trinajstić information content (AvgIpc) is 2.65. The first-order valence-corrected chi connectivity index (χ1v) is 8.58. The number of hydrogen-bond donors (Lipinski definition) is 3. The molecular weight excluding hydrogens is 393 g/mol. The van der Waals surface area contributed by atoms with Gasteiger partial charge in [0.1, 0.15) is 11.8 Å². The number of carbonyl (C=O) groups excluding carboxylic acids is 3. The molecule has 0 aromatic heterocycles. The second-order valence-corrected chi connectivity index (χ2v) is 6.31. The Bertz CT molecular complexity index is 873. The van der Waals surface area contributed by atoms with Crippen LogP contribution in [0.2, 0.25) is 10.0 Å². The summed E-state index contributed by atoms with van der Waals surface area (Å²) >= 11 is 11.8. The average molecular weight is 410 g/mol. The summed E-state index contributed by atoms with van der Waals surface area (Å²) in [7, 11) is 1.41. The van der Waals surface area contributed by atoms with Crippen LogP contribution < -0.4 is 20.9 Å². The Labute approximate surface area is 166 Å². The van der Waals surface area contributed by atoms with Crippen molar-refractivity contribution in [3.63, 3.8) is 0 Å². The van der Waals surface area contributed by atoms with E-state index < -0.39 is 23.8 Å². The molecule has 3 N–H and O–H groups in total. The predicted molar refractivity (Wildman–Crippen MR) is 102 cm³/mol. The quantitative estimate of drug-likeness (QED) is 0.661. The standard InChI is InChI=1S/C18H17Cl2N3O4/c1-10(21-17(25)12-5-3-4-6-14(12)20)16(24)22-23-18(26)13-9-11(19)7-8-15(13)27-2/h3-10H,1-2H3,(H,21,25)(H,22,24)(H,23,26)/t10-/m0/s1. The van der Waals surface area contributed by atoms with Crippen LogP contribution in [0.15, 0.2) is 42.5 Å². The summed E-state index contributed by atoms with van der Waals surface area (Å²) in [5.41, 5.74) is 4.88. The maximum Gasteiger partial charge on any atom is 0.273 e. The van der Waals surface area contributed by atoms with E-state index in [-0.39, 0.29) is 16.1 Å². The zero-order valence-corrected chi connectivity index (χ0v) is 16.0. The minimum absolute atomic E-state index is 0.151. The van der Waals surface area contributed by atoms with E-state index in [4.69, 9.17) is 27.9 Å². The molecule has 0 spiro atoms. The Morgan fingerprint density at radius 3 is 2.33 bits per heavy atom. The number of benzene rings is 2. The lowest BCUT2D eigenvalue weighted by atomic mass is 10.2. The van der Waals surface area contributed by atoms with Crippen LogP contribution in [0.3, 0.4) is 0 Å². The first kappa shape index (κ1) is 20.5. The molecule has 2 aromatic carbocycles. The predicted octanol–water partition coefficient (Wildman–Crippen LogP) is 2.58. The number of halogens is 2. The van der Waals surface area contributed by atoms with Gasteiger partial charge in [-0.15, -0.1) is 0 Å². The van der Waals surface area contributed by atoms with E-state index in [0.717, 1.165) is 0 Å². The number of ether oxygens (including phenoxy) is 1. The Morgan fingerprint density at radius 1 is 0.963 bits per heavy atom. The largest absolute Gasteiger partial charge is 0.496 e. The molecule has 0 saturated carbocycles. The molecule has 142 valence electrons. The van der Waals surface area contributed by atoms with Gasteiger partial charge in [-0.3, -0.25) is 25.2 Å². The second-order valence-electron chi connectivity index (χ2n) is 5.46. The molecule has 0 bridgehead atoms. The van der Waals surface area contributed by atoms with Crippen molar-refractivity contribution in [2.45, 2.75) is 13.0 Å². The van der Waals surface area contributed by atoms with Gasteiger partial charge < -0.3 is 10.1 Å². The molecule has 1 atom stereocenters. The monoisotopic (exact) mass is 409 g/mol. The van der Waals surface area contributed by atoms with E-state index in [1.54, 1.807) is 24.3 Å². The van der Waals surface area contributed by atoms with Crippen molar-refractivity contribution in [1.82, 2.24) is 16.2 Å². The molecular formula is C18H17Cl2N3O4. The Kier molecular flexibility index (Phi) is 7.04. The number of nitrogens with one attached hydrogen (secondary N) is 3. The number of amides is 3. The third kappa shape index (κ3) is 5.35. The number of rotatable bonds is 5. The van der Waals surface area contributed by atoms with Crippen molar-refractivity contribution in [1.29, 1.82) is 0 Å². The minimum atomic E-state index is -0.921. The van der Waals surface area contributed by atoms with E-state index in [9.17, 15) is 14.4 Å². The molecule has 0 unspecified atom stereocenters. The topological polar surface area (TPSA) is 96.5 Å². The highest BCUT2D eigenvalue weighted by Crippen LogP contribution is 2.22. The van der Waals surface area contributed by atoms with Gasteiger partial charge in [-0.2, -0.15) is 0 Å². The van der Waals surface area contributed by atoms with Crippen molar-refractivity contribution in [2.24, 2.45) is 0 Å². The van der Waals surface area contributed by atoms with Crippen LogP contribution in [0.5, 0.6) is 5.75 Å². The van der Waals surface area contributed by atoms with E-state index in [1.165, 1.54) is 32.2 Å². The van der Waals surface area contributed by atoms with E-state index in [2.05, 4.69) is 16.2 Å². The molecule has 0 saturated heterocycles. The lowest BCUT2D eigenvalue weighted by Crippen LogP contribution is -2.51. The van der Waals surface area contributed by atoms with Crippen molar-refractivity contribution < 1.29 is 19.1 Å². The molecule has 2 rings (SSSR count). The molecule has 27 heavy (non-hydrogen) atoms. The van der Waals surface area contributed by atoms with Crippen molar-refractivity contribution >= 4 is 40.9 Å². The van der Waals surface area contributed by atoms with Crippen LogP contribution in [0.4, 0.5) is 0 Å². The van der Waals surface area contributed by atoms with Gasteiger partial charge in [0.25, 0.3) is 17.7 Å². The number of hydrogen-bond acceptors (Lipinski definition) is 4. The van der Waals surface area contributed by atoms with Crippen LogP contribution >= 0.6 is 23.2 Å². The fourth-order valence-corrected chi connectivity index (χ4v) is 2.53. The maximum atomic E-state index is 12.2. The molecule has 0 radical (unpaired) electrons. The molecule has 0 heterocycles. The van der Waals surface area contributed by atoms with Crippen LogP contribution in [0.25, 0.3) is 0 Å². The highest BCUT2D eigenvalue weighted by atomic mass is 35.5. The van der Waals surface area contributed by atoms with Gasteiger partial charge in [0, 0.05) is 5.02 Å². The number of carbonyl (C=O) groups is 3. The van der Waals surface area contributed by atoms with Gasteiger partial charge in [-0.05, 0) is 37.3 Å². The van der Waals surface area contributed by atoms with Crippen LogP contribution in [-0.2, 0) is 4.79 Å². The summed E-state index contributed by atoms with van der Waals surface area (Å²) in [6.45, 7) is 1.47. The molecule has 0 aliphatic heterocycles. The molecule has 7 nitrogen and oxygen atoms in total. The van der Waals surface area contributed by atoms with Gasteiger partial charge in [0.15, 0.2) is 0 Å². The molecule has 2 aromatic rings. The summed E-state index contributed by atoms with van der Waals surface area (Å²) in [5.74, 6) is -1.45. The molecule has 0 fully saturated rings. The minimum Gasteiger partial charge on any atom is -0.496 e. The van der Waals surface area contributed by atoms with Crippen LogP contribution in [-0.4, -0.2) is 30.9 Å². The second kappa shape index (κ2) is 9.25. The molecule has 0 aliphatic carbocycles. The Balaban J connectivity index is 1.95. The maximum absolute atomic E-state index is 12.2. The van der Waals surface area contributed by atoms with Crippen molar-refractivity contribution in [2.75, 3.05) is 7.11 Å². The highest BCUT2D eigenvalue weighted by molar-refractivity contribution is 6.33. The zero-order valence-electron chi connectivity index (χ0n) is 14.5. The Morgan fingerprint density at radius 2 is 1.67 bits per heavy atom. The van der Waals surface area contributed by atoms with Gasteiger partial charge >= 0.3 is 0 Å². The first-order chi connectivity index (χ1) is 12.8. The SMILES string of the molecule is COc1ccc(Cl)cc1C(=O)NNC(=O)[C@H](C)NC(=O)c1ccccc1Cl. The van der Waals surface area contributed by atoms with E-state index in [0.29, 0.717) is 10.8 Å². The molecule has 9 heteroatoms. The summed E-state index contributed by atoms with van der Waals surface area (Å²) in [6, 6.07) is 10.0. The van der Waals surface area contributed by atoms with Crippen molar-refractivity contribution in [3.8, 4) is 5.75 Å². The third-order valence-electron chi connectivity index (χ3n) is 3.56. The van der Waals surface area contributed by atoms with Gasteiger partial charge in [-0.1, -0.05) is 35.3 Å². The van der Waals surface area contributed by atoms with Gasteiger partial charge in [-0.25, -0.2) is 0 Å². The summed E-state index contributed by atoms with van der Waals surface area (Å²) in [4.78, 5) is 36.5. The van der Waals surface area contributed by atoms with Gasteiger partial charge in [0.2, 0.25) is 0 Å². The van der Waals surface area contributed by atoms with Gasteiger partial charge in [0.05, 0.1) is 23.3 Å². The van der Waals surface area contributed by atoms with E-state index >= 15 is 0 Å². The summed E-state index contributed by atoms with van der Waals surface area (Å²) in [6.07, 6.45) is 0. The lowest BCUT2D eigenvalue weighted by molar-refractivity contribution is -0.123. The highest BCUT2D eigenvalue weighted by Gasteiger charge is 2.19. The van der Waals surface area contributed by atoms with Crippen LogP contribution in [0.1, 0.15) is 27.6 Å². The normalized spacial score (nSPS) is 11.3. The third-order valence-corrected chi connectivity index (χ3v) is 4.13. The molecule has 3 amide bonds. The lowest BCUT2D eigenvalue weighted by Gasteiger charge is -2.16. The number of methoxy groups -OCH3 is 1. The fraction of sp³-hybridized carbons (Fsp3) is 0.167. The van der Waals surface area contributed by atoms with Crippen molar-refractivity contribution in [3.05, 3.63) is 63.6 Å². The zero-order chi connectivity index (χ0) is 20.0. The molecule has 0 aliphatic rings. The van der Waals surface area contributed by atoms with Crippen LogP contribution in [0, 0.1) is 0 Å². The first-order valence-electron chi connectivity index (χ1n) is 7.82. The Hall–Kier alpha value is -2.77. The summed E-state index contributed by atoms with van der Waals surface area (Å²) < 4.78 is 5.09. The van der Waals surface area contributed by atoms with E-state index in [1.807, 2.05) is 0 Å². The smallest absolute Gasteiger partial charge is 0.273 e. The number of hydrazine groups is 1. The fourth-order valence-electron chi connectivity index (χ4n) is 2.14.